The van der Waals surface area contributed by atoms with Gasteiger partial charge in [-0.05, 0) is 60.0 Å². The molecule has 4 amide bonds. The van der Waals surface area contributed by atoms with Gasteiger partial charge in [0.15, 0.2) is 0 Å². The Kier molecular flexibility index (Phi) is 4.95. The summed E-state index contributed by atoms with van der Waals surface area (Å²) in [5.41, 5.74) is 0.788. The first-order valence-electron chi connectivity index (χ1n) is 9.47. The first-order chi connectivity index (χ1) is 14.3. The normalized spacial score (nSPS) is 18.6. The number of halogens is 1. The van der Waals surface area contributed by atoms with Crippen molar-refractivity contribution in [1.82, 2.24) is 10.2 Å². The number of anilines is 1. The SMILES string of the molecule is Cc1cc(Cl)ccc1NC(=O)CN1C(=O)NC(C)(c2ccc3ccccc3c2)C1=O. The second kappa shape index (κ2) is 7.46. The average Bonchev–Trinajstić information content (AvgIpc) is 2.94. The van der Waals surface area contributed by atoms with Crippen LogP contribution in [0.1, 0.15) is 18.1 Å². The molecule has 7 heteroatoms. The van der Waals surface area contributed by atoms with Gasteiger partial charge in [-0.25, -0.2) is 4.79 Å². The molecule has 3 aromatic rings. The molecule has 1 aliphatic rings. The number of nitrogens with zero attached hydrogens (tertiary/aromatic N) is 1. The predicted octanol–water partition coefficient (Wildman–Crippen LogP) is 4.21. The summed E-state index contributed by atoms with van der Waals surface area (Å²) in [4.78, 5) is 39.1. The maximum Gasteiger partial charge on any atom is 0.325 e. The van der Waals surface area contributed by atoms with Crippen molar-refractivity contribution >= 4 is 45.9 Å². The van der Waals surface area contributed by atoms with Crippen LogP contribution in [0.3, 0.4) is 0 Å². The molecule has 152 valence electrons. The minimum absolute atomic E-state index is 0.379. The molecule has 0 spiro atoms. The highest BCUT2D eigenvalue weighted by Gasteiger charge is 2.49. The molecule has 1 unspecified atom stereocenters. The largest absolute Gasteiger partial charge is 0.325 e. The van der Waals surface area contributed by atoms with Crippen molar-refractivity contribution in [3.8, 4) is 0 Å². The Hall–Kier alpha value is -3.38. The summed E-state index contributed by atoms with van der Waals surface area (Å²) in [7, 11) is 0. The van der Waals surface area contributed by atoms with Crippen molar-refractivity contribution in [1.29, 1.82) is 0 Å². The average molecular weight is 422 g/mol. The van der Waals surface area contributed by atoms with Gasteiger partial charge in [0.05, 0.1) is 0 Å². The van der Waals surface area contributed by atoms with Crippen molar-refractivity contribution in [3.05, 3.63) is 76.8 Å². The Bertz CT molecular complexity index is 1190. The minimum Gasteiger partial charge on any atom is -0.324 e. The fraction of sp³-hybridized carbons (Fsp3) is 0.174. The highest BCUT2D eigenvalue weighted by atomic mass is 35.5. The number of hydrogen-bond donors (Lipinski definition) is 2. The number of carbonyl (C=O) groups is 3. The summed E-state index contributed by atoms with van der Waals surface area (Å²) >= 11 is 5.94. The molecule has 1 atom stereocenters. The van der Waals surface area contributed by atoms with Gasteiger partial charge in [0.2, 0.25) is 5.91 Å². The topological polar surface area (TPSA) is 78.5 Å². The van der Waals surface area contributed by atoms with Crippen LogP contribution in [0.5, 0.6) is 0 Å². The highest BCUT2D eigenvalue weighted by molar-refractivity contribution is 6.30. The van der Waals surface area contributed by atoms with E-state index in [1.165, 1.54) is 0 Å². The van der Waals surface area contributed by atoms with Crippen LogP contribution in [0, 0.1) is 6.92 Å². The van der Waals surface area contributed by atoms with Gasteiger partial charge in [-0.2, -0.15) is 0 Å². The van der Waals surface area contributed by atoms with Gasteiger partial charge in [0.1, 0.15) is 12.1 Å². The van der Waals surface area contributed by atoms with Gasteiger partial charge in [-0.1, -0.05) is 48.0 Å². The summed E-state index contributed by atoms with van der Waals surface area (Å²) in [6, 6.07) is 17.9. The van der Waals surface area contributed by atoms with Gasteiger partial charge in [0, 0.05) is 10.7 Å². The lowest BCUT2D eigenvalue weighted by atomic mass is 9.90. The lowest BCUT2D eigenvalue weighted by Gasteiger charge is -2.22. The van der Waals surface area contributed by atoms with Crippen LogP contribution in [-0.4, -0.2) is 29.3 Å². The maximum absolute atomic E-state index is 13.1. The molecule has 0 aromatic heterocycles. The zero-order valence-corrected chi connectivity index (χ0v) is 17.3. The Morgan fingerprint density at radius 1 is 1.07 bits per heavy atom. The first kappa shape index (κ1) is 19.9. The third kappa shape index (κ3) is 3.50. The Morgan fingerprint density at radius 2 is 1.80 bits per heavy atom. The minimum atomic E-state index is -1.24. The number of imide groups is 1. The smallest absolute Gasteiger partial charge is 0.324 e. The fourth-order valence-corrected chi connectivity index (χ4v) is 3.86. The van der Waals surface area contributed by atoms with E-state index in [0.717, 1.165) is 21.2 Å². The van der Waals surface area contributed by atoms with Crippen LogP contribution in [0.4, 0.5) is 10.5 Å². The van der Waals surface area contributed by atoms with Crippen LogP contribution in [0.15, 0.2) is 60.7 Å². The monoisotopic (exact) mass is 421 g/mol. The van der Waals surface area contributed by atoms with Crippen LogP contribution in [0.25, 0.3) is 10.8 Å². The molecular weight excluding hydrogens is 402 g/mol. The molecule has 1 fully saturated rings. The number of aryl methyl sites for hydroxylation is 1. The number of amides is 4. The van der Waals surface area contributed by atoms with Gasteiger partial charge in [-0.3, -0.25) is 14.5 Å². The van der Waals surface area contributed by atoms with E-state index < -0.39 is 23.4 Å². The Balaban J connectivity index is 1.54. The van der Waals surface area contributed by atoms with Gasteiger partial charge in [0.25, 0.3) is 5.91 Å². The number of hydrogen-bond acceptors (Lipinski definition) is 3. The summed E-state index contributed by atoms with van der Waals surface area (Å²) in [5.74, 6) is -0.933. The molecule has 4 rings (SSSR count). The molecule has 1 aliphatic heterocycles. The van der Waals surface area contributed by atoms with Crippen LogP contribution in [0.2, 0.25) is 5.02 Å². The number of nitrogens with one attached hydrogen (secondary N) is 2. The van der Waals surface area contributed by atoms with E-state index in [1.807, 2.05) is 49.4 Å². The molecule has 2 N–H and O–H groups in total. The number of carbonyl (C=O) groups excluding carboxylic acids is 3. The van der Waals surface area contributed by atoms with E-state index in [4.69, 9.17) is 11.6 Å². The summed E-state index contributed by atoms with van der Waals surface area (Å²) in [6.07, 6.45) is 0. The fourth-order valence-electron chi connectivity index (χ4n) is 3.64. The number of benzene rings is 3. The van der Waals surface area contributed by atoms with E-state index in [-0.39, 0.29) is 6.54 Å². The molecule has 1 saturated heterocycles. The Morgan fingerprint density at radius 3 is 2.53 bits per heavy atom. The Labute approximate surface area is 178 Å². The summed E-state index contributed by atoms with van der Waals surface area (Å²) < 4.78 is 0. The lowest BCUT2D eigenvalue weighted by Crippen LogP contribution is -2.42. The van der Waals surface area contributed by atoms with Crippen molar-refractivity contribution < 1.29 is 14.4 Å². The number of fused-ring (bicyclic) bond motifs is 1. The molecule has 0 radical (unpaired) electrons. The van der Waals surface area contributed by atoms with Crippen molar-refractivity contribution in [2.24, 2.45) is 0 Å². The number of urea groups is 1. The van der Waals surface area contributed by atoms with E-state index in [1.54, 1.807) is 25.1 Å². The first-order valence-corrected chi connectivity index (χ1v) is 9.85. The van der Waals surface area contributed by atoms with Crippen molar-refractivity contribution in [3.63, 3.8) is 0 Å². The lowest BCUT2D eigenvalue weighted by molar-refractivity contribution is -0.133. The zero-order valence-electron chi connectivity index (χ0n) is 16.5. The molecule has 6 nitrogen and oxygen atoms in total. The molecule has 1 heterocycles. The van der Waals surface area contributed by atoms with Crippen LogP contribution >= 0.6 is 11.6 Å². The van der Waals surface area contributed by atoms with Gasteiger partial charge < -0.3 is 10.6 Å². The predicted molar refractivity (Wildman–Crippen MR) is 116 cm³/mol. The third-order valence-electron chi connectivity index (χ3n) is 5.37. The second-order valence-corrected chi connectivity index (χ2v) is 7.95. The second-order valence-electron chi connectivity index (χ2n) is 7.52. The zero-order chi connectivity index (χ0) is 21.5. The summed E-state index contributed by atoms with van der Waals surface area (Å²) in [5, 5.41) is 8.03. The van der Waals surface area contributed by atoms with Crippen molar-refractivity contribution in [2.75, 3.05) is 11.9 Å². The molecule has 30 heavy (non-hydrogen) atoms. The number of rotatable bonds is 4. The van der Waals surface area contributed by atoms with E-state index in [0.29, 0.717) is 16.3 Å². The summed E-state index contributed by atoms with van der Waals surface area (Å²) in [6.45, 7) is 3.08. The van der Waals surface area contributed by atoms with E-state index >= 15 is 0 Å². The molecule has 3 aromatic carbocycles. The van der Waals surface area contributed by atoms with Crippen molar-refractivity contribution in [2.45, 2.75) is 19.4 Å². The molecular formula is C23H20ClN3O3. The van der Waals surface area contributed by atoms with Gasteiger partial charge >= 0.3 is 6.03 Å². The van der Waals surface area contributed by atoms with Gasteiger partial charge in [-0.15, -0.1) is 0 Å². The van der Waals surface area contributed by atoms with Crippen LogP contribution < -0.4 is 10.6 Å². The molecule has 0 bridgehead atoms. The highest BCUT2D eigenvalue weighted by Crippen LogP contribution is 2.31. The maximum atomic E-state index is 13.1. The van der Waals surface area contributed by atoms with E-state index in [9.17, 15) is 14.4 Å². The van der Waals surface area contributed by atoms with Crippen LogP contribution in [-0.2, 0) is 15.1 Å². The standard InChI is InChI=1S/C23H20ClN3O3/c1-14-11-18(24)9-10-19(14)25-20(28)13-27-21(29)23(2,26-22(27)30)17-8-7-15-5-3-4-6-16(15)12-17/h3-12H,13H2,1-2H3,(H,25,28)(H,26,30). The quantitative estimate of drug-likeness (QED) is 0.619. The van der Waals surface area contributed by atoms with E-state index in [2.05, 4.69) is 10.6 Å². The molecule has 0 saturated carbocycles. The molecule has 0 aliphatic carbocycles. The third-order valence-corrected chi connectivity index (χ3v) is 5.60.